The van der Waals surface area contributed by atoms with Gasteiger partial charge in [-0.3, -0.25) is 4.99 Å². The number of allylic oxidation sites excluding steroid dienone is 2. The van der Waals surface area contributed by atoms with E-state index in [2.05, 4.69) is 25.8 Å². The second kappa shape index (κ2) is 9.68. The Morgan fingerprint density at radius 3 is 2.86 bits per heavy atom. The second-order valence-electron chi connectivity index (χ2n) is 4.99. The molecule has 1 heterocycles. The summed E-state index contributed by atoms with van der Waals surface area (Å²) < 4.78 is 0. The zero-order chi connectivity index (χ0) is 16.4. The summed E-state index contributed by atoms with van der Waals surface area (Å²) in [6.45, 7) is 8.60. The first-order chi connectivity index (χ1) is 10.5. The highest BCUT2D eigenvalue weighted by Gasteiger charge is 2.04. The lowest BCUT2D eigenvalue weighted by molar-refractivity contribution is 0.131. The molecule has 1 rings (SSSR count). The lowest BCUT2D eigenvalue weighted by atomic mass is 10.2. The van der Waals surface area contributed by atoms with Crippen molar-refractivity contribution in [3.05, 3.63) is 35.5 Å². The van der Waals surface area contributed by atoms with Crippen LogP contribution in [0.2, 0.25) is 0 Å². The number of hydrogen-bond acceptors (Lipinski definition) is 6. The average molecular weight is 303 g/mol. The van der Waals surface area contributed by atoms with Crippen LogP contribution < -0.4 is 10.8 Å². The maximum Gasteiger partial charge on any atom is 0.133 e. The molecule has 0 aliphatic heterocycles. The fraction of sp³-hybridized carbons (Fsp3) is 0.438. The molecule has 1 aromatic rings. The van der Waals surface area contributed by atoms with E-state index in [1.54, 1.807) is 7.05 Å². The molecule has 0 saturated carbocycles. The number of hydrogen-bond donors (Lipinski definition) is 2. The number of aromatic nitrogens is 2. The van der Waals surface area contributed by atoms with Crippen LogP contribution in [0.25, 0.3) is 6.08 Å². The predicted molar refractivity (Wildman–Crippen MR) is 91.8 cm³/mol. The summed E-state index contributed by atoms with van der Waals surface area (Å²) in [6, 6.07) is 0.319. The summed E-state index contributed by atoms with van der Waals surface area (Å²) >= 11 is 0. The van der Waals surface area contributed by atoms with Crippen molar-refractivity contribution in [2.24, 2.45) is 4.99 Å². The highest BCUT2D eigenvalue weighted by molar-refractivity contribution is 5.71. The van der Waals surface area contributed by atoms with E-state index in [1.807, 2.05) is 52.1 Å². The van der Waals surface area contributed by atoms with E-state index in [0.717, 1.165) is 22.8 Å². The van der Waals surface area contributed by atoms with Gasteiger partial charge in [-0.15, -0.1) is 0 Å². The molecule has 0 saturated heterocycles. The van der Waals surface area contributed by atoms with E-state index in [9.17, 15) is 0 Å². The number of aliphatic imine (C=N–C) groups is 1. The monoisotopic (exact) mass is 303 g/mol. The summed E-state index contributed by atoms with van der Waals surface area (Å²) in [4.78, 5) is 18.0. The summed E-state index contributed by atoms with van der Waals surface area (Å²) in [6.07, 6.45) is 9.14. The molecule has 22 heavy (non-hydrogen) atoms. The largest absolute Gasteiger partial charge is 0.414 e. The first-order valence-electron chi connectivity index (χ1n) is 7.30. The van der Waals surface area contributed by atoms with Crippen molar-refractivity contribution < 1.29 is 4.84 Å². The van der Waals surface area contributed by atoms with Gasteiger partial charge in [0.1, 0.15) is 17.9 Å². The van der Waals surface area contributed by atoms with Crippen molar-refractivity contribution >= 4 is 18.1 Å². The van der Waals surface area contributed by atoms with Crippen LogP contribution in [0.1, 0.15) is 32.0 Å². The van der Waals surface area contributed by atoms with Crippen LogP contribution in [0.15, 0.2) is 29.2 Å². The standard InChI is InChI=1S/C16H25N5O/c1-12(2)18-8-6-7-9-19-16-14(4)15(20-11-21-16)10-13(3)22-17-5/h6-8,10-12,17H,9H2,1-5H3,(H,19,20,21)/b7-6-,13-10+,18-8-. The van der Waals surface area contributed by atoms with Crippen molar-refractivity contribution in [1.82, 2.24) is 15.4 Å². The number of anilines is 1. The minimum Gasteiger partial charge on any atom is -0.414 e. The van der Waals surface area contributed by atoms with Gasteiger partial charge in [0.25, 0.3) is 0 Å². The Morgan fingerprint density at radius 2 is 2.18 bits per heavy atom. The molecule has 0 radical (unpaired) electrons. The third-order valence-electron chi connectivity index (χ3n) is 2.72. The van der Waals surface area contributed by atoms with Crippen LogP contribution in [-0.2, 0) is 4.84 Å². The Balaban J connectivity index is 2.67. The highest BCUT2D eigenvalue weighted by Crippen LogP contribution is 2.16. The first kappa shape index (κ1) is 17.8. The van der Waals surface area contributed by atoms with Crippen LogP contribution in [0.4, 0.5) is 5.82 Å². The van der Waals surface area contributed by atoms with E-state index < -0.39 is 0 Å². The molecule has 1 aromatic heterocycles. The molecule has 0 atom stereocenters. The van der Waals surface area contributed by atoms with Gasteiger partial charge in [-0.1, -0.05) is 6.08 Å². The zero-order valence-corrected chi connectivity index (χ0v) is 13.9. The van der Waals surface area contributed by atoms with Gasteiger partial charge in [-0.05, 0) is 33.8 Å². The van der Waals surface area contributed by atoms with Crippen LogP contribution in [-0.4, -0.2) is 35.8 Å². The van der Waals surface area contributed by atoms with Crippen LogP contribution in [0, 0.1) is 6.92 Å². The zero-order valence-electron chi connectivity index (χ0n) is 13.9. The molecule has 6 nitrogen and oxygen atoms in total. The maximum absolute atomic E-state index is 5.19. The Labute approximate surface area is 132 Å². The molecule has 0 aromatic carbocycles. The van der Waals surface area contributed by atoms with E-state index in [0.29, 0.717) is 12.6 Å². The molecule has 2 N–H and O–H groups in total. The SMILES string of the molecule is CNO/C(C)=C/c1ncnc(NC/C=C\C=N/C(C)C)c1C. The van der Waals surface area contributed by atoms with Crippen molar-refractivity contribution in [3.8, 4) is 0 Å². The molecule has 0 aliphatic rings. The summed E-state index contributed by atoms with van der Waals surface area (Å²) in [5, 5.41) is 3.26. The van der Waals surface area contributed by atoms with Crippen molar-refractivity contribution in [2.45, 2.75) is 33.7 Å². The molecular formula is C16H25N5O. The summed E-state index contributed by atoms with van der Waals surface area (Å²) in [5.41, 5.74) is 4.44. The van der Waals surface area contributed by atoms with Gasteiger partial charge in [0.2, 0.25) is 0 Å². The molecule has 0 bridgehead atoms. The fourth-order valence-electron chi connectivity index (χ4n) is 1.68. The lowest BCUT2D eigenvalue weighted by Gasteiger charge is -2.09. The van der Waals surface area contributed by atoms with Crippen LogP contribution in [0.5, 0.6) is 0 Å². The van der Waals surface area contributed by atoms with Gasteiger partial charge in [-0.2, -0.15) is 5.48 Å². The minimum atomic E-state index is 0.319. The van der Waals surface area contributed by atoms with E-state index in [-0.39, 0.29) is 0 Å². The predicted octanol–water partition coefficient (Wildman–Crippen LogP) is 2.74. The molecule has 0 spiro atoms. The molecule has 120 valence electrons. The normalized spacial score (nSPS) is 12.5. The lowest BCUT2D eigenvalue weighted by Crippen LogP contribution is -2.07. The second-order valence-corrected chi connectivity index (χ2v) is 4.99. The number of rotatable bonds is 8. The van der Waals surface area contributed by atoms with Gasteiger partial charge in [0.05, 0.1) is 5.69 Å². The Bertz CT molecular complexity index is 549. The number of nitrogens with zero attached hydrogens (tertiary/aromatic N) is 3. The smallest absolute Gasteiger partial charge is 0.133 e. The Hall–Kier alpha value is -2.21. The molecule has 0 fully saturated rings. The highest BCUT2D eigenvalue weighted by atomic mass is 16.6. The molecule has 6 heteroatoms. The van der Waals surface area contributed by atoms with Gasteiger partial charge in [0.15, 0.2) is 0 Å². The van der Waals surface area contributed by atoms with Crippen molar-refractivity contribution in [3.63, 3.8) is 0 Å². The van der Waals surface area contributed by atoms with Gasteiger partial charge in [-0.25, -0.2) is 9.97 Å². The quantitative estimate of drug-likeness (QED) is 0.439. The number of hydroxylamine groups is 1. The van der Waals surface area contributed by atoms with Gasteiger partial charge < -0.3 is 10.2 Å². The van der Waals surface area contributed by atoms with Gasteiger partial charge >= 0.3 is 0 Å². The molecular weight excluding hydrogens is 278 g/mol. The topological polar surface area (TPSA) is 71.4 Å². The summed E-state index contributed by atoms with van der Waals surface area (Å²) in [7, 11) is 1.71. The Kier molecular flexibility index (Phi) is 7.85. The minimum absolute atomic E-state index is 0.319. The summed E-state index contributed by atoms with van der Waals surface area (Å²) in [5.74, 6) is 1.55. The van der Waals surface area contributed by atoms with Crippen LogP contribution >= 0.6 is 0 Å². The third kappa shape index (κ3) is 6.49. The first-order valence-corrected chi connectivity index (χ1v) is 7.30. The molecule has 0 aliphatic carbocycles. The number of nitrogens with one attached hydrogen (secondary N) is 2. The third-order valence-corrected chi connectivity index (χ3v) is 2.72. The van der Waals surface area contributed by atoms with E-state index >= 15 is 0 Å². The maximum atomic E-state index is 5.19. The molecule has 0 unspecified atom stereocenters. The fourth-order valence-corrected chi connectivity index (χ4v) is 1.68. The van der Waals surface area contributed by atoms with Gasteiger partial charge in [0, 0.05) is 37.5 Å². The molecule has 0 amide bonds. The van der Waals surface area contributed by atoms with E-state index in [1.165, 1.54) is 6.33 Å². The van der Waals surface area contributed by atoms with Crippen molar-refractivity contribution in [2.75, 3.05) is 18.9 Å². The Morgan fingerprint density at radius 1 is 1.41 bits per heavy atom. The van der Waals surface area contributed by atoms with E-state index in [4.69, 9.17) is 4.84 Å². The average Bonchev–Trinajstić information content (AvgIpc) is 2.46. The van der Waals surface area contributed by atoms with Crippen LogP contribution in [0.3, 0.4) is 0 Å². The van der Waals surface area contributed by atoms with Crippen molar-refractivity contribution in [1.29, 1.82) is 0 Å².